The Kier molecular flexibility index (Phi) is 7.01. The van der Waals surface area contributed by atoms with Gasteiger partial charge in [-0.15, -0.1) is 0 Å². The maximum absolute atomic E-state index is 12.5. The van der Waals surface area contributed by atoms with Crippen molar-refractivity contribution in [2.45, 2.75) is 31.3 Å². The van der Waals surface area contributed by atoms with Gasteiger partial charge in [0.25, 0.3) is 0 Å². The Morgan fingerprint density at radius 3 is 2.46 bits per heavy atom. The summed E-state index contributed by atoms with van der Waals surface area (Å²) in [6, 6.07) is -2.76. The fourth-order valence-electron chi connectivity index (χ4n) is 2.09. The number of amides is 3. The molecule has 3 amide bonds. The molecule has 0 saturated carbocycles. The van der Waals surface area contributed by atoms with Gasteiger partial charge in [0, 0.05) is 24.7 Å². The van der Waals surface area contributed by atoms with E-state index < -0.39 is 42.3 Å². The molecule has 132 valence electrons. The van der Waals surface area contributed by atoms with Crippen molar-refractivity contribution in [3.05, 3.63) is 18.2 Å². The number of nitrogens with one attached hydrogen (secondary N) is 1. The number of H-pyrrole nitrogens is 1. The van der Waals surface area contributed by atoms with Crippen molar-refractivity contribution >= 4 is 23.7 Å². The summed E-state index contributed by atoms with van der Waals surface area (Å²) in [4.78, 5) is 53.8. The fraction of sp³-hybridized carbons (Fsp3) is 0.462. The molecule has 1 heterocycles. The summed E-state index contributed by atoms with van der Waals surface area (Å²) in [6.07, 6.45) is 2.23. The van der Waals surface area contributed by atoms with Gasteiger partial charge in [0.15, 0.2) is 0 Å². The highest BCUT2D eigenvalue weighted by atomic mass is 16.4. The monoisotopic (exact) mass is 340 g/mol. The van der Waals surface area contributed by atoms with Crippen LogP contribution in [0.2, 0.25) is 0 Å². The highest BCUT2D eigenvalue weighted by Gasteiger charge is 2.36. The standard InChI is InChI=1S/C13H20N6O5/c14-4-11(21)19(9(13(23)24)1-2-10(16)20)12(22)8(15)3-7-5-17-6-18-7/h5-6,8-9H,1-4,14-15H2,(H2,16,20)(H,17,18)(H,23,24). The Morgan fingerprint density at radius 1 is 1.33 bits per heavy atom. The second kappa shape index (κ2) is 8.74. The lowest BCUT2D eigenvalue weighted by molar-refractivity contribution is -0.158. The highest BCUT2D eigenvalue weighted by molar-refractivity contribution is 6.02. The predicted octanol–water partition coefficient (Wildman–Crippen LogP) is -2.69. The van der Waals surface area contributed by atoms with Gasteiger partial charge < -0.3 is 27.3 Å². The number of nitrogens with zero attached hydrogens (tertiary/aromatic N) is 2. The molecule has 8 N–H and O–H groups in total. The van der Waals surface area contributed by atoms with Crippen LogP contribution in [-0.4, -0.2) is 62.3 Å². The summed E-state index contributed by atoms with van der Waals surface area (Å²) in [6.45, 7) is -0.580. The van der Waals surface area contributed by atoms with Gasteiger partial charge in [-0.2, -0.15) is 0 Å². The first-order valence-electron chi connectivity index (χ1n) is 7.07. The molecule has 0 spiro atoms. The average molecular weight is 340 g/mol. The second-order valence-corrected chi connectivity index (χ2v) is 5.05. The van der Waals surface area contributed by atoms with Crippen molar-refractivity contribution < 1.29 is 24.3 Å². The zero-order valence-corrected chi connectivity index (χ0v) is 12.8. The van der Waals surface area contributed by atoms with Gasteiger partial charge in [0.1, 0.15) is 6.04 Å². The molecule has 0 saturated heterocycles. The average Bonchev–Trinajstić information content (AvgIpc) is 3.02. The third kappa shape index (κ3) is 5.14. The Labute approximate surface area is 137 Å². The van der Waals surface area contributed by atoms with Crippen LogP contribution in [0.4, 0.5) is 0 Å². The van der Waals surface area contributed by atoms with Gasteiger partial charge in [-0.25, -0.2) is 9.78 Å². The first-order chi connectivity index (χ1) is 11.3. The maximum Gasteiger partial charge on any atom is 0.326 e. The topological polar surface area (TPSA) is 198 Å². The number of carbonyl (C=O) groups is 4. The Hall–Kier alpha value is -2.79. The number of aliphatic carboxylic acids is 1. The molecule has 0 radical (unpaired) electrons. The Balaban J connectivity index is 2.99. The molecule has 11 nitrogen and oxygen atoms in total. The van der Waals surface area contributed by atoms with Gasteiger partial charge in [-0.1, -0.05) is 0 Å². The molecule has 2 atom stereocenters. The van der Waals surface area contributed by atoms with E-state index >= 15 is 0 Å². The lowest BCUT2D eigenvalue weighted by Crippen LogP contribution is -2.56. The number of aromatic amines is 1. The van der Waals surface area contributed by atoms with Gasteiger partial charge in [-0.3, -0.25) is 19.3 Å². The molecule has 0 aliphatic carbocycles. The Bertz CT molecular complexity index is 602. The van der Waals surface area contributed by atoms with Crippen LogP contribution in [-0.2, 0) is 25.6 Å². The van der Waals surface area contributed by atoms with Crippen molar-refractivity contribution in [3.63, 3.8) is 0 Å². The molecule has 0 fully saturated rings. The summed E-state index contributed by atoms with van der Waals surface area (Å²) in [5.74, 6) is -4.02. The lowest BCUT2D eigenvalue weighted by Gasteiger charge is -2.28. The summed E-state index contributed by atoms with van der Waals surface area (Å²) < 4.78 is 0. The van der Waals surface area contributed by atoms with Crippen LogP contribution >= 0.6 is 0 Å². The smallest absolute Gasteiger partial charge is 0.326 e. The molecule has 0 aliphatic heterocycles. The molecule has 24 heavy (non-hydrogen) atoms. The molecule has 11 heteroatoms. The van der Waals surface area contributed by atoms with Crippen molar-refractivity contribution in [3.8, 4) is 0 Å². The molecule has 0 aromatic carbocycles. The quantitative estimate of drug-likeness (QED) is 0.320. The number of carboxylic acids is 1. The van der Waals surface area contributed by atoms with Crippen molar-refractivity contribution in [2.24, 2.45) is 17.2 Å². The number of imide groups is 1. The minimum absolute atomic E-state index is 0.0232. The first-order valence-corrected chi connectivity index (χ1v) is 7.07. The van der Waals surface area contributed by atoms with Crippen molar-refractivity contribution in [2.75, 3.05) is 6.54 Å². The van der Waals surface area contributed by atoms with Crippen molar-refractivity contribution in [1.82, 2.24) is 14.9 Å². The molecule has 2 unspecified atom stereocenters. The molecule has 1 aromatic heterocycles. The molecular weight excluding hydrogens is 320 g/mol. The van der Waals surface area contributed by atoms with E-state index in [-0.39, 0.29) is 19.3 Å². The van der Waals surface area contributed by atoms with Crippen LogP contribution in [0.25, 0.3) is 0 Å². The number of carbonyl (C=O) groups excluding carboxylic acids is 3. The van der Waals surface area contributed by atoms with Gasteiger partial charge in [-0.05, 0) is 6.42 Å². The number of primary amides is 1. The summed E-state index contributed by atoms with van der Waals surface area (Å²) >= 11 is 0. The second-order valence-electron chi connectivity index (χ2n) is 5.05. The van der Waals surface area contributed by atoms with E-state index in [0.717, 1.165) is 0 Å². The number of aromatic nitrogens is 2. The molecular formula is C13H20N6O5. The van der Waals surface area contributed by atoms with Crippen LogP contribution < -0.4 is 17.2 Å². The van der Waals surface area contributed by atoms with Gasteiger partial charge in [0.2, 0.25) is 17.7 Å². The summed E-state index contributed by atoms with van der Waals surface area (Å²) in [5, 5.41) is 9.29. The third-order valence-corrected chi connectivity index (χ3v) is 3.25. The summed E-state index contributed by atoms with van der Waals surface area (Å²) in [5.41, 5.74) is 16.6. The molecule has 1 rings (SSSR count). The van der Waals surface area contributed by atoms with Crippen LogP contribution in [0.3, 0.4) is 0 Å². The van der Waals surface area contributed by atoms with Crippen molar-refractivity contribution in [1.29, 1.82) is 0 Å². The van der Waals surface area contributed by atoms with E-state index in [1.54, 1.807) is 0 Å². The summed E-state index contributed by atoms with van der Waals surface area (Å²) in [7, 11) is 0. The van der Waals surface area contributed by atoms with Gasteiger partial charge in [0.05, 0.1) is 18.9 Å². The van der Waals surface area contributed by atoms with E-state index in [0.29, 0.717) is 10.6 Å². The van der Waals surface area contributed by atoms with Crippen LogP contribution in [0.1, 0.15) is 18.5 Å². The minimum atomic E-state index is -1.58. The number of hydrogen-bond donors (Lipinski definition) is 5. The highest BCUT2D eigenvalue weighted by Crippen LogP contribution is 2.12. The first kappa shape index (κ1) is 19.3. The number of rotatable bonds is 9. The van der Waals surface area contributed by atoms with E-state index in [1.165, 1.54) is 12.5 Å². The Morgan fingerprint density at radius 2 is 2.00 bits per heavy atom. The lowest BCUT2D eigenvalue weighted by atomic mass is 10.1. The minimum Gasteiger partial charge on any atom is -0.480 e. The van der Waals surface area contributed by atoms with E-state index in [4.69, 9.17) is 17.2 Å². The van der Waals surface area contributed by atoms with E-state index in [9.17, 15) is 24.3 Å². The van der Waals surface area contributed by atoms with Crippen LogP contribution in [0.5, 0.6) is 0 Å². The number of imidazole rings is 1. The molecule has 0 aliphatic rings. The third-order valence-electron chi connectivity index (χ3n) is 3.25. The number of nitrogens with two attached hydrogens (primary N) is 3. The van der Waals surface area contributed by atoms with Crippen LogP contribution in [0.15, 0.2) is 12.5 Å². The molecule has 0 bridgehead atoms. The molecule has 1 aromatic rings. The SMILES string of the molecule is NCC(=O)N(C(=O)C(N)Cc1cnc[nH]1)C(CCC(N)=O)C(=O)O. The van der Waals surface area contributed by atoms with E-state index in [2.05, 4.69) is 9.97 Å². The number of carboxylic acid groups (broad SMARTS) is 1. The van der Waals surface area contributed by atoms with E-state index in [1.807, 2.05) is 0 Å². The maximum atomic E-state index is 12.5. The normalized spacial score (nSPS) is 13.1. The fourth-order valence-corrected chi connectivity index (χ4v) is 2.09. The zero-order valence-electron chi connectivity index (χ0n) is 12.8. The van der Waals surface area contributed by atoms with Gasteiger partial charge >= 0.3 is 5.97 Å². The number of hydrogen-bond acceptors (Lipinski definition) is 7. The largest absolute Gasteiger partial charge is 0.480 e. The zero-order chi connectivity index (χ0) is 18.3. The predicted molar refractivity (Wildman–Crippen MR) is 81.0 cm³/mol. The van der Waals surface area contributed by atoms with Crippen LogP contribution in [0, 0.1) is 0 Å².